The van der Waals surface area contributed by atoms with Crippen LogP contribution in [0.5, 0.6) is 5.75 Å². The third-order valence-corrected chi connectivity index (χ3v) is 1.72. The monoisotopic (exact) mass is 200 g/mol. The highest BCUT2D eigenvalue weighted by Gasteiger charge is 2.04. The summed E-state index contributed by atoms with van der Waals surface area (Å²) in [7, 11) is 0. The van der Waals surface area contributed by atoms with Crippen LogP contribution in [0, 0.1) is 0 Å². The zero-order valence-electron chi connectivity index (χ0n) is 8.26. The summed E-state index contributed by atoms with van der Waals surface area (Å²) in [6, 6.07) is 0. The van der Waals surface area contributed by atoms with Crippen LogP contribution < -0.4 is 4.74 Å². The molecule has 0 aliphatic rings. The molecule has 0 spiro atoms. The van der Waals surface area contributed by atoms with E-state index in [4.69, 9.17) is 14.9 Å². The molecular formula is C9H16N2O3. The second kappa shape index (κ2) is 5.62. The Morgan fingerprint density at radius 1 is 1.64 bits per heavy atom. The predicted molar refractivity (Wildman–Crippen MR) is 51.1 cm³/mol. The number of hydrogen-bond donors (Lipinski definition) is 2. The van der Waals surface area contributed by atoms with Gasteiger partial charge in [0.25, 0.3) is 0 Å². The number of aromatic nitrogens is 2. The van der Waals surface area contributed by atoms with Crippen molar-refractivity contribution in [2.75, 3.05) is 13.2 Å². The molecule has 1 unspecified atom stereocenters. The summed E-state index contributed by atoms with van der Waals surface area (Å²) in [6.07, 6.45) is 3.55. The van der Waals surface area contributed by atoms with Crippen LogP contribution in [0.1, 0.15) is 13.3 Å². The molecule has 5 heteroatoms. The maximum Gasteiger partial charge on any atom is 0.157 e. The standard InChI is InChI=1S/C9H16N2O3/c1-2-3-11-5-9(4-10-11)14-7-8(13)6-12/h4-5,8,12-13H,2-3,6-7H2,1H3. The third kappa shape index (κ3) is 3.35. The van der Waals surface area contributed by atoms with E-state index in [2.05, 4.69) is 12.0 Å². The number of nitrogens with zero attached hydrogens (tertiary/aromatic N) is 2. The van der Waals surface area contributed by atoms with E-state index < -0.39 is 6.10 Å². The van der Waals surface area contributed by atoms with Crippen LogP contribution in [0.4, 0.5) is 0 Å². The average molecular weight is 200 g/mol. The topological polar surface area (TPSA) is 67.5 Å². The molecule has 5 nitrogen and oxygen atoms in total. The van der Waals surface area contributed by atoms with Crippen LogP contribution in [0.3, 0.4) is 0 Å². The van der Waals surface area contributed by atoms with Gasteiger partial charge in [-0.05, 0) is 6.42 Å². The SMILES string of the molecule is CCCn1cc(OCC(O)CO)cn1. The minimum absolute atomic E-state index is 0.0916. The van der Waals surface area contributed by atoms with Crippen LogP contribution in [0.25, 0.3) is 0 Å². The van der Waals surface area contributed by atoms with Crippen LogP contribution in [0.2, 0.25) is 0 Å². The van der Waals surface area contributed by atoms with Gasteiger partial charge in [0.05, 0.1) is 19.0 Å². The summed E-state index contributed by atoms with van der Waals surface area (Å²) in [4.78, 5) is 0. The first kappa shape index (κ1) is 11.0. The Labute approximate surface area is 82.9 Å². The van der Waals surface area contributed by atoms with E-state index in [0.717, 1.165) is 13.0 Å². The van der Waals surface area contributed by atoms with Crippen molar-refractivity contribution in [2.45, 2.75) is 26.0 Å². The molecule has 1 aromatic heterocycles. The van der Waals surface area contributed by atoms with Crippen molar-refractivity contribution in [3.8, 4) is 5.75 Å². The number of aliphatic hydroxyl groups excluding tert-OH is 2. The lowest BCUT2D eigenvalue weighted by Gasteiger charge is -2.06. The van der Waals surface area contributed by atoms with Crippen molar-refractivity contribution in [3.05, 3.63) is 12.4 Å². The van der Waals surface area contributed by atoms with E-state index in [1.807, 2.05) is 0 Å². The lowest BCUT2D eigenvalue weighted by Crippen LogP contribution is -2.21. The molecule has 1 heterocycles. The minimum atomic E-state index is -0.829. The summed E-state index contributed by atoms with van der Waals surface area (Å²) in [6.45, 7) is 2.72. The molecule has 0 amide bonds. The molecule has 14 heavy (non-hydrogen) atoms. The Bertz CT molecular complexity index is 262. The first-order chi connectivity index (χ1) is 6.76. The van der Waals surface area contributed by atoms with Crippen LogP contribution in [-0.4, -0.2) is 39.3 Å². The molecule has 1 aromatic rings. The fraction of sp³-hybridized carbons (Fsp3) is 0.667. The minimum Gasteiger partial charge on any atom is -0.488 e. The van der Waals surface area contributed by atoms with Crippen molar-refractivity contribution < 1.29 is 14.9 Å². The van der Waals surface area contributed by atoms with E-state index in [1.54, 1.807) is 17.1 Å². The Hall–Kier alpha value is -1.07. The van der Waals surface area contributed by atoms with Gasteiger partial charge in [-0.1, -0.05) is 6.92 Å². The van der Waals surface area contributed by atoms with Gasteiger partial charge in [-0.3, -0.25) is 4.68 Å². The molecule has 0 saturated heterocycles. The van der Waals surface area contributed by atoms with Crippen molar-refractivity contribution in [1.29, 1.82) is 0 Å². The Kier molecular flexibility index (Phi) is 4.42. The molecule has 2 N–H and O–H groups in total. The van der Waals surface area contributed by atoms with Gasteiger partial charge in [0.15, 0.2) is 5.75 Å². The Morgan fingerprint density at radius 3 is 3.07 bits per heavy atom. The van der Waals surface area contributed by atoms with Gasteiger partial charge < -0.3 is 14.9 Å². The summed E-state index contributed by atoms with van der Waals surface area (Å²) in [5.41, 5.74) is 0. The molecule has 0 bridgehead atoms. The highest BCUT2D eigenvalue weighted by atomic mass is 16.5. The van der Waals surface area contributed by atoms with Crippen molar-refractivity contribution in [2.24, 2.45) is 0 Å². The Morgan fingerprint density at radius 2 is 2.43 bits per heavy atom. The maximum atomic E-state index is 9.03. The third-order valence-electron chi connectivity index (χ3n) is 1.72. The fourth-order valence-electron chi connectivity index (χ4n) is 1.02. The van der Waals surface area contributed by atoms with Crippen LogP contribution in [-0.2, 0) is 6.54 Å². The quantitative estimate of drug-likeness (QED) is 0.679. The molecule has 80 valence electrons. The number of hydrogen-bond acceptors (Lipinski definition) is 4. The van der Waals surface area contributed by atoms with E-state index in [1.165, 1.54) is 0 Å². The molecule has 0 aromatic carbocycles. The lowest BCUT2D eigenvalue weighted by atomic mass is 10.4. The van der Waals surface area contributed by atoms with Gasteiger partial charge >= 0.3 is 0 Å². The first-order valence-electron chi connectivity index (χ1n) is 4.70. The van der Waals surface area contributed by atoms with Crippen molar-refractivity contribution in [1.82, 2.24) is 9.78 Å². The first-order valence-corrected chi connectivity index (χ1v) is 4.70. The van der Waals surface area contributed by atoms with E-state index in [0.29, 0.717) is 5.75 Å². The van der Waals surface area contributed by atoms with Gasteiger partial charge in [-0.2, -0.15) is 5.10 Å². The van der Waals surface area contributed by atoms with Gasteiger partial charge in [0.2, 0.25) is 0 Å². The molecule has 0 aliphatic carbocycles. The van der Waals surface area contributed by atoms with Crippen LogP contribution >= 0.6 is 0 Å². The molecule has 1 rings (SSSR count). The summed E-state index contributed by atoms with van der Waals surface area (Å²) in [5.74, 6) is 0.617. The van der Waals surface area contributed by atoms with Gasteiger partial charge in [0, 0.05) is 6.54 Å². The summed E-state index contributed by atoms with van der Waals surface area (Å²) in [5, 5.41) is 21.6. The summed E-state index contributed by atoms with van der Waals surface area (Å²) < 4.78 is 6.97. The van der Waals surface area contributed by atoms with E-state index >= 15 is 0 Å². The summed E-state index contributed by atoms with van der Waals surface area (Å²) >= 11 is 0. The average Bonchev–Trinajstić information content (AvgIpc) is 2.63. The number of aryl methyl sites for hydroxylation is 1. The normalized spacial score (nSPS) is 12.8. The zero-order chi connectivity index (χ0) is 10.4. The van der Waals surface area contributed by atoms with Crippen molar-refractivity contribution >= 4 is 0 Å². The van der Waals surface area contributed by atoms with E-state index in [9.17, 15) is 0 Å². The molecule has 0 fully saturated rings. The number of rotatable bonds is 6. The van der Waals surface area contributed by atoms with E-state index in [-0.39, 0.29) is 13.2 Å². The van der Waals surface area contributed by atoms with Gasteiger partial charge in [0.1, 0.15) is 12.7 Å². The largest absolute Gasteiger partial charge is 0.488 e. The number of ether oxygens (including phenoxy) is 1. The second-order valence-electron chi connectivity index (χ2n) is 3.09. The van der Waals surface area contributed by atoms with Crippen LogP contribution in [0.15, 0.2) is 12.4 Å². The number of aliphatic hydroxyl groups is 2. The smallest absolute Gasteiger partial charge is 0.157 e. The van der Waals surface area contributed by atoms with Crippen molar-refractivity contribution in [3.63, 3.8) is 0 Å². The molecular weight excluding hydrogens is 184 g/mol. The Balaban J connectivity index is 2.35. The highest BCUT2D eigenvalue weighted by Crippen LogP contribution is 2.08. The second-order valence-corrected chi connectivity index (χ2v) is 3.09. The molecule has 0 saturated carbocycles. The molecule has 0 aliphatic heterocycles. The molecule has 1 atom stereocenters. The zero-order valence-corrected chi connectivity index (χ0v) is 8.26. The molecule has 0 radical (unpaired) electrons. The predicted octanol–water partition coefficient (Wildman–Crippen LogP) is 0.0251. The highest BCUT2D eigenvalue weighted by molar-refractivity contribution is 5.11. The fourth-order valence-corrected chi connectivity index (χ4v) is 1.02. The maximum absolute atomic E-state index is 9.03. The van der Waals surface area contributed by atoms with Gasteiger partial charge in [-0.25, -0.2) is 0 Å². The van der Waals surface area contributed by atoms with Gasteiger partial charge in [-0.15, -0.1) is 0 Å². The lowest BCUT2D eigenvalue weighted by molar-refractivity contribution is 0.0536.